The van der Waals surface area contributed by atoms with Gasteiger partial charge in [0.05, 0.1) is 6.04 Å². The molecule has 13 heavy (non-hydrogen) atoms. The molecule has 2 heteroatoms. The van der Waals surface area contributed by atoms with Crippen molar-refractivity contribution in [3.63, 3.8) is 0 Å². The molecule has 1 unspecified atom stereocenters. The van der Waals surface area contributed by atoms with Crippen LogP contribution in [-0.4, -0.2) is 18.9 Å². The van der Waals surface area contributed by atoms with E-state index in [1.807, 2.05) is 38.1 Å². The van der Waals surface area contributed by atoms with Gasteiger partial charge in [-0.15, -0.1) is 0 Å². The second kappa shape index (κ2) is 4.19. The summed E-state index contributed by atoms with van der Waals surface area (Å²) in [6.07, 6.45) is 0. The van der Waals surface area contributed by atoms with Crippen LogP contribution >= 0.6 is 0 Å². The van der Waals surface area contributed by atoms with E-state index in [0.29, 0.717) is 0 Å². The highest BCUT2D eigenvalue weighted by Gasteiger charge is 2.13. The molecule has 1 atom stereocenters. The molecule has 70 valence electrons. The number of aryl methyl sites for hydroxylation is 1. The molecule has 0 fully saturated rings. The highest BCUT2D eigenvalue weighted by Crippen LogP contribution is 2.09. The number of benzene rings is 1. The zero-order valence-corrected chi connectivity index (χ0v) is 8.29. The molecule has 1 aromatic rings. The van der Waals surface area contributed by atoms with Gasteiger partial charge in [-0.2, -0.15) is 0 Å². The van der Waals surface area contributed by atoms with Crippen LogP contribution in [-0.2, 0) is 0 Å². The van der Waals surface area contributed by atoms with E-state index in [4.69, 9.17) is 0 Å². The Morgan fingerprint density at radius 2 is 2.00 bits per heavy atom. The van der Waals surface area contributed by atoms with Crippen LogP contribution in [0.3, 0.4) is 0 Å². The summed E-state index contributed by atoms with van der Waals surface area (Å²) in [6.45, 7) is 3.82. The summed E-state index contributed by atoms with van der Waals surface area (Å²) in [5.41, 5.74) is 1.85. The number of Topliss-reactive ketones (excluding diaryl/α,β-unsaturated/α-hetero) is 1. The number of ketones is 1. The molecule has 0 aliphatic rings. The molecule has 1 N–H and O–H groups in total. The Bertz CT molecular complexity index is 307. The number of rotatable bonds is 3. The van der Waals surface area contributed by atoms with Crippen molar-refractivity contribution in [2.45, 2.75) is 19.9 Å². The fraction of sp³-hybridized carbons (Fsp3) is 0.364. The Hall–Kier alpha value is -1.15. The van der Waals surface area contributed by atoms with E-state index in [1.54, 1.807) is 7.05 Å². The number of carbonyl (C=O) groups is 1. The summed E-state index contributed by atoms with van der Waals surface area (Å²) in [6, 6.07) is 7.54. The van der Waals surface area contributed by atoms with E-state index in [0.717, 1.165) is 11.1 Å². The molecule has 0 aromatic heterocycles. The Labute approximate surface area is 79.0 Å². The van der Waals surface area contributed by atoms with Crippen molar-refractivity contribution in [1.82, 2.24) is 5.32 Å². The van der Waals surface area contributed by atoms with Gasteiger partial charge in [-0.1, -0.05) is 24.3 Å². The van der Waals surface area contributed by atoms with E-state index in [2.05, 4.69) is 5.32 Å². The standard InChI is InChI=1S/C11H15NO/c1-8-6-4-5-7-10(8)11(13)9(2)12-3/h4-7,9,12H,1-3H3. The minimum atomic E-state index is -0.110. The molecule has 0 saturated carbocycles. The lowest BCUT2D eigenvalue weighted by molar-refractivity contribution is 0.0954. The summed E-state index contributed by atoms with van der Waals surface area (Å²) in [5.74, 6) is 0.153. The van der Waals surface area contributed by atoms with Crippen LogP contribution in [0.2, 0.25) is 0 Å². The van der Waals surface area contributed by atoms with Crippen LogP contribution in [0.4, 0.5) is 0 Å². The second-order valence-corrected chi connectivity index (χ2v) is 3.19. The topological polar surface area (TPSA) is 29.1 Å². The quantitative estimate of drug-likeness (QED) is 0.713. The van der Waals surface area contributed by atoms with E-state index in [-0.39, 0.29) is 11.8 Å². The first-order chi connectivity index (χ1) is 6.16. The van der Waals surface area contributed by atoms with Crippen LogP contribution in [0.5, 0.6) is 0 Å². The second-order valence-electron chi connectivity index (χ2n) is 3.19. The average molecular weight is 177 g/mol. The van der Waals surface area contributed by atoms with Crippen molar-refractivity contribution in [1.29, 1.82) is 0 Å². The van der Waals surface area contributed by atoms with Crippen LogP contribution in [0.1, 0.15) is 22.8 Å². The molecule has 0 radical (unpaired) electrons. The van der Waals surface area contributed by atoms with E-state index < -0.39 is 0 Å². The van der Waals surface area contributed by atoms with Gasteiger partial charge in [0, 0.05) is 5.56 Å². The van der Waals surface area contributed by atoms with Crippen LogP contribution in [0.15, 0.2) is 24.3 Å². The average Bonchev–Trinajstić information content (AvgIpc) is 2.16. The number of hydrogen-bond donors (Lipinski definition) is 1. The van der Waals surface area contributed by atoms with Gasteiger partial charge in [-0.3, -0.25) is 4.79 Å². The fourth-order valence-corrected chi connectivity index (χ4v) is 1.21. The summed E-state index contributed by atoms with van der Waals surface area (Å²) in [5, 5.41) is 2.94. The summed E-state index contributed by atoms with van der Waals surface area (Å²) < 4.78 is 0. The number of carbonyl (C=O) groups excluding carboxylic acids is 1. The Kier molecular flexibility index (Phi) is 3.20. The van der Waals surface area contributed by atoms with Gasteiger partial charge in [0.1, 0.15) is 0 Å². The molecule has 0 saturated heterocycles. The van der Waals surface area contributed by atoms with Gasteiger partial charge in [0.25, 0.3) is 0 Å². The fourth-order valence-electron chi connectivity index (χ4n) is 1.21. The molecule has 2 nitrogen and oxygen atoms in total. The van der Waals surface area contributed by atoms with Gasteiger partial charge in [-0.05, 0) is 26.5 Å². The molecule has 0 aliphatic carbocycles. The molecule has 1 rings (SSSR count). The number of nitrogens with one attached hydrogen (secondary N) is 1. The highest BCUT2D eigenvalue weighted by atomic mass is 16.1. The first-order valence-corrected chi connectivity index (χ1v) is 4.44. The predicted molar refractivity (Wildman–Crippen MR) is 54.0 cm³/mol. The molecule has 1 aromatic carbocycles. The molecule has 0 spiro atoms. The lowest BCUT2D eigenvalue weighted by atomic mass is 10.0. The maximum atomic E-state index is 11.7. The first-order valence-electron chi connectivity index (χ1n) is 4.44. The minimum Gasteiger partial charge on any atom is -0.310 e. The lowest BCUT2D eigenvalue weighted by Crippen LogP contribution is -2.31. The minimum absolute atomic E-state index is 0.110. The third kappa shape index (κ3) is 2.16. The summed E-state index contributed by atoms with van der Waals surface area (Å²) >= 11 is 0. The van der Waals surface area contributed by atoms with Crippen molar-refractivity contribution in [3.8, 4) is 0 Å². The zero-order chi connectivity index (χ0) is 9.84. The third-order valence-corrected chi connectivity index (χ3v) is 2.24. The number of hydrogen-bond acceptors (Lipinski definition) is 2. The normalized spacial score (nSPS) is 12.5. The van der Waals surface area contributed by atoms with E-state index in [1.165, 1.54) is 0 Å². The predicted octanol–water partition coefficient (Wildman–Crippen LogP) is 1.79. The summed E-state index contributed by atoms with van der Waals surface area (Å²) in [7, 11) is 1.79. The monoisotopic (exact) mass is 177 g/mol. The molecule has 0 amide bonds. The highest BCUT2D eigenvalue weighted by molar-refractivity contribution is 6.00. The van der Waals surface area contributed by atoms with Crippen molar-refractivity contribution in [2.24, 2.45) is 0 Å². The van der Waals surface area contributed by atoms with Crippen molar-refractivity contribution >= 4 is 5.78 Å². The van der Waals surface area contributed by atoms with Crippen LogP contribution in [0, 0.1) is 6.92 Å². The SMILES string of the molecule is CNC(C)C(=O)c1ccccc1C. The van der Waals surface area contributed by atoms with Crippen molar-refractivity contribution < 1.29 is 4.79 Å². The number of likely N-dealkylation sites (N-methyl/N-ethyl adjacent to an activating group) is 1. The smallest absolute Gasteiger partial charge is 0.179 e. The third-order valence-electron chi connectivity index (χ3n) is 2.24. The molecular formula is C11H15NO. The van der Waals surface area contributed by atoms with Gasteiger partial charge >= 0.3 is 0 Å². The molecule has 0 heterocycles. The largest absolute Gasteiger partial charge is 0.310 e. The molecule has 0 aliphatic heterocycles. The van der Waals surface area contributed by atoms with Gasteiger partial charge in [-0.25, -0.2) is 0 Å². The Morgan fingerprint density at radius 3 is 2.54 bits per heavy atom. The van der Waals surface area contributed by atoms with Crippen LogP contribution < -0.4 is 5.32 Å². The summed E-state index contributed by atoms with van der Waals surface area (Å²) in [4.78, 5) is 11.7. The van der Waals surface area contributed by atoms with Crippen molar-refractivity contribution in [3.05, 3.63) is 35.4 Å². The van der Waals surface area contributed by atoms with Gasteiger partial charge in [0.2, 0.25) is 0 Å². The van der Waals surface area contributed by atoms with E-state index >= 15 is 0 Å². The molecule has 0 bridgehead atoms. The van der Waals surface area contributed by atoms with Gasteiger partial charge in [0.15, 0.2) is 5.78 Å². The maximum Gasteiger partial charge on any atom is 0.179 e. The molecular weight excluding hydrogens is 162 g/mol. The first kappa shape index (κ1) is 9.93. The van der Waals surface area contributed by atoms with Crippen LogP contribution in [0.25, 0.3) is 0 Å². The van der Waals surface area contributed by atoms with E-state index in [9.17, 15) is 4.79 Å². The maximum absolute atomic E-state index is 11.7. The van der Waals surface area contributed by atoms with Crippen molar-refractivity contribution in [2.75, 3.05) is 7.05 Å². The van der Waals surface area contributed by atoms with Gasteiger partial charge < -0.3 is 5.32 Å². The Morgan fingerprint density at radius 1 is 1.38 bits per heavy atom. The lowest BCUT2D eigenvalue weighted by Gasteiger charge is -2.10. The Balaban J connectivity index is 2.95. The zero-order valence-electron chi connectivity index (χ0n) is 8.29.